The fourth-order valence-electron chi connectivity index (χ4n) is 4.96. The zero-order valence-corrected chi connectivity index (χ0v) is 18.0. The summed E-state index contributed by atoms with van der Waals surface area (Å²) in [5, 5.41) is 7.95. The summed E-state index contributed by atoms with van der Waals surface area (Å²) in [6.45, 7) is 1.82. The Labute approximate surface area is 192 Å². The van der Waals surface area contributed by atoms with E-state index in [2.05, 4.69) is 36.3 Å². The lowest BCUT2D eigenvalue weighted by molar-refractivity contribution is -0.126. The third-order valence-corrected chi connectivity index (χ3v) is 6.46. The standard InChI is InChI=1S/C22H15ClN8O2/c1-3-7-30-17-12(5-4-6-13(17)23)22(21(30)33)8-14(32)28-19-15(22)11(2)29-31(19)20-16-18(25-9-24-16)26-10-27-20/h1,4-6,9-10H,7-8H2,2H3,(H,28,32)(H,24,25,26,27)/t22-/m0/s1. The molecule has 0 radical (unpaired) electrons. The van der Waals surface area contributed by atoms with Crippen molar-refractivity contribution in [1.82, 2.24) is 29.7 Å². The minimum absolute atomic E-state index is 0.0299. The molecule has 6 rings (SSSR count). The maximum absolute atomic E-state index is 14.0. The van der Waals surface area contributed by atoms with Gasteiger partial charge in [0.05, 0.1) is 29.3 Å². The highest BCUT2D eigenvalue weighted by atomic mass is 35.5. The van der Waals surface area contributed by atoms with Crippen LogP contribution in [0.3, 0.4) is 0 Å². The first-order chi connectivity index (χ1) is 16.0. The number of hydrogen-bond donors (Lipinski definition) is 2. The van der Waals surface area contributed by atoms with Crippen LogP contribution in [0.1, 0.15) is 23.2 Å². The highest BCUT2D eigenvalue weighted by molar-refractivity contribution is 6.35. The number of para-hydroxylation sites is 1. The largest absolute Gasteiger partial charge is 0.340 e. The molecule has 2 aliphatic heterocycles. The fourth-order valence-corrected chi connectivity index (χ4v) is 5.24. The van der Waals surface area contributed by atoms with Crippen LogP contribution in [0, 0.1) is 19.3 Å². The van der Waals surface area contributed by atoms with Crippen LogP contribution >= 0.6 is 11.6 Å². The van der Waals surface area contributed by atoms with E-state index in [0.29, 0.717) is 50.3 Å². The van der Waals surface area contributed by atoms with Gasteiger partial charge in [0, 0.05) is 12.0 Å². The van der Waals surface area contributed by atoms with E-state index in [1.807, 2.05) is 6.07 Å². The molecule has 162 valence electrons. The van der Waals surface area contributed by atoms with Gasteiger partial charge in [-0.05, 0) is 18.6 Å². The van der Waals surface area contributed by atoms with E-state index in [1.54, 1.807) is 19.1 Å². The molecule has 0 fully saturated rings. The molecule has 0 aliphatic carbocycles. The molecule has 10 nitrogen and oxygen atoms in total. The predicted octanol–water partition coefficient (Wildman–Crippen LogP) is 2.11. The summed E-state index contributed by atoms with van der Waals surface area (Å²) < 4.78 is 1.51. The van der Waals surface area contributed by atoms with Gasteiger partial charge in [0.15, 0.2) is 11.5 Å². The average Bonchev–Trinajstić information content (AvgIpc) is 3.46. The lowest BCUT2D eigenvalue weighted by Gasteiger charge is -2.33. The Morgan fingerprint density at radius 1 is 1.27 bits per heavy atom. The number of H-pyrrole nitrogens is 1. The SMILES string of the molecule is C#CCN1C(=O)[C@@]2(CC(=O)Nc3c2c(C)nn3-c2ncnc3nc[nH]c23)c2cccc(Cl)c21. The number of hydrogen-bond acceptors (Lipinski definition) is 6. The van der Waals surface area contributed by atoms with E-state index < -0.39 is 5.41 Å². The molecule has 2 aliphatic rings. The molecule has 0 saturated heterocycles. The summed E-state index contributed by atoms with van der Waals surface area (Å²) in [7, 11) is 0. The Balaban J connectivity index is 1.68. The third-order valence-electron chi connectivity index (χ3n) is 6.15. The number of aromatic amines is 1. The molecule has 2 N–H and O–H groups in total. The second-order valence-electron chi connectivity index (χ2n) is 7.88. The van der Waals surface area contributed by atoms with Crippen LogP contribution in [0.2, 0.25) is 5.02 Å². The maximum atomic E-state index is 14.0. The van der Waals surface area contributed by atoms with Gasteiger partial charge in [0.25, 0.3) is 0 Å². The summed E-state index contributed by atoms with van der Waals surface area (Å²) >= 11 is 6.51. The van der Waals surface area contributed by atoms with Crippen LogP contribution in [-0.4, -0.2) is 48.1 Å². The van der Waals surface area contributed by atoms with Gasteiger partial charge in [-0.25, -0.2) is 15.0 Å². The van der Waals surface area contributed by atoms with Gasteiger partial charge in [0.2, 0.25) is 11.8 Å². The number of rotatable bonds is 2. The van der Waals surface area contributed by atoms with Crippen molar-refractivity contribution in [1.29, 1.82) is 0 Å². The van der Waals surface area contributed by atoms with Crippen LogP contribution < -0.4 is 10.2 Å². The van der Waals surface area contributed by atoms with Crippen molar-refractivity contribution < 1.29 is 9.59 Å². The lowest BCUT2D eigenvalue weighted by Crippen LogP contribution is -2.47. The number of halogens is 1. The summed E-state index contributed by atoms with van der Waals surface area (Å²) in [5.74, 6) is 2.64. The Bertz CT molecular complexity index is 1550. The van der Waals surface area contributed by atoms with Gasteiger partial charge in [-0.1, -0.05) is 29.7 Å². The number of fused-ring (bicyclic) bond motifs is 5. The van der Waals surface area contributed by atoms with Crippen LogP contribution in [0.4, 0.5) is 11.5 Å². The van der Waals surface area contributed by atoms with Crippen molar-refractivity contribution in [2.75, 3.05) is 16.8 Å². The zero-order valence-electron chi connectivity index (χ0n) is 17.3. The van der Waals surface area contributed by atoms with Crippen LogP contribution in [-0.2, 0) is 15.0 Å². The zero-order chi connectivity index (χ0) is 22.9. The molecule has 1 aromatic carbocycles. The van der Waals surface area contributed by atoms with Crippen LogP contribution in [0.25, 0.3) is 17.0 Å². The minimum Gasteiger partial charge on any atom is -0.340 e. The monoisotopic (exact) mass is 458 g/mol. The number of amides is 2. The highest BCUT2D eigenvalue weighted by Crippen LogP contribution is 2.55. The molecule has 0 bridgehead atoms. The van der Waals surface area contributed by atoms with E-state index in [1.165, 1.54) is 22.2 Å². The summed E-state index contributed by atoms with van der Waals surface area (Å²) in [4.78, 5) is 44.2. The van der Waals surface area contributed by atoms with E-state index >= 15 is 0 Å². The number of anilines is 2. The van der Waals surface area contributed by atoms with Crippen molar-refractivity contribution in [2.24, 2.45) is 0 Å². The van der Waals surface area contributed by atoms with Crippen molar-refractivity contribution in [3.05, 3.63) is 52.7 Å². The Morgan fingerprint density at radius 2 is 2.12 bits per heavy atom. The highest BCUT2D eigenvalue weighted by Gasteiger charge is 2.58. The van der Waals surface area contributed by atoms with Crippen LogP contribution in [0.5, 0.6) is 0 Å². The Morgan fingerprint density at radius 3 is 2.94 bits per heavy atom. The number of carbonyl (C=O) groups excluding carboxylic acids is 2. The second-order valence-corrected chi connectivity index (χ2v) is 8.29. The topological polar surface area (TPSA) is 122 Å². The number of benzene rings is 1. The molecule has 3 aromatic heterocycles. The molecule has 0 saturated carbocycles. The molecule has 11 heteroatoms. The molecule has 4 aromatic rings. The van der Waals surface area contributed by atoms with Gasteiger partial charge in [-0.3, -0.25) is 14.5 Å². The molecule has 33 heavy (non-hydrogen) atoms. The second kappa shape index (κ2) is 6.63. The minimum atomic E-state index is -1.31. The van der Waals surface area contributed by atoms with Crippen molar-refractivity contribution in [3.8, 4) is 18.2 Å². The van der Waals surface area contributed by atoms with E-state index in [9.17, 15) is 9.59 Å². The molecular weight excluding hydrogens is 444 g/mol. The molecule has 1 spiro atoms. The van der Waals surface area contributed by atoms with E-state index in [4.69, 9.17) is 18.0 Å². The van der Waals surface area contributed by atoms with Gasteiger partial charge >= 0.3 is 0 Å². The summed E-state index contributed by atoms with van der Waals surface area (Å²) in [5.41, 5.74) is 1.99. The predicted molar refractivity (Wildman–Crippen MR) is 120 cm³/mol. The quantitative estimate of drug-likeness (QED) is 0.444. The number of aromatic nitrogens is 6. The first-order valence-electron chi connectivity index (χ1n) is 10.1. The summed E-state index contributed by atoms with van der Waals surface area (Å²) in [6.07, 6.45) is 8.34. The molecule has 1 atom stereocenters. The fraction of sp³-hybridized carbons (Fsp3) is 0.182. The number of carbonyl (C=O) groups is 2. The van der Waals surface area contributed by atoms with Gasteiger partial charge < -0.3 is 10.3 Å². The Kier molecular flexibility index (Phi) is 3.91. The first kappa shape index (κ1) is 19.5. The number of aryl methyl sites for hydroxylation is 1. The Hall–Kier alpha value is -4.23. The molecule has 5 heterocycles. The molecular formula is C22H15ClN8O2. The van der Waals surface area contributed by atoms with E-state index in [-0.39, 0.29) is 24.8 Å². The number of terminal acetylenes is 1. The average molecular weight is 459 g/mol. The van der Waals surface area contributed by atoms with Crippen molar-refractivity contribution in [3.63, 3.8) is 0 Å². The number of nitrogens with one attached hydrogen (secondary N) is 2. The van der Waals surface area contributed by atoms with Gasteiger partial charge in [-0.2, -0.15) is 9.78 Å². The van der Waals surface area contributed by atoms with Crippen molar-refractivity contribution in [2.45, 2.75) is 18.8 Å². The number of nitrogens with zero attached hydrogens (tertiary/aromatic N) is 6. The molecule has 0 unspecified atom stereocenters. The van der Waals surface area contributed by atoms with Gasteiger partial charge in [0.1, 0.15) is 23.1 Å². The summed E-state index contributed by atoms with van der Waals surface area (Å²) in [6, 6.07) is 5.28. The maximum Gasteiger partial charge on any atom is 0.243 e. The normalized spacial score (nSPS) is 19.0. The van der Waals surface area contributed by atoms with E-state index in [0.717, 1.165) is 0 Å². The molecule has 2 amide bonds. The first-order valence-corrected chi connectivity index (χ1v) is 10.4. The third kappa shape index (κ3) is 2.39. The van der Waals surface area contributed by atoms with Gasteiger partial charge in [-0.15, -0.1) is 6.42 Å². The van der Waals surface area contributed by atoms with Crippen LogP contribution in [0.15, 0.2) is 30.9 Å². The number of imidazole rings is 1. The smallest absolute Gasteiger partial charge is 0.243 e. The lowest BCUT2D eigenvalue weighted by atomic mass is 9.70. The van der Waals surface area contributed by atoms with Crippen molar-refractivity contribution >= 4 is 46.1 Å².